The largest absolute Gasteiger partial charge is 0.441 e. The van der Waals surface area contributed by atoms with Crippen molar-refractivity contribution in [1.29, 1.82) is 0 Å². The van der Waals surface area contributed by atoms with E-state index in [9.17, 15) is 4.79 Å². The second-order valence-corrected chi connectivity index (χ2v) is 7.40. The summed E-state index contributed by atoms with van der Waals surface area (Å²) in [5.41, 5.74) is 1.14. The molecule has 1 aromatic carbocycles. The second-order valence-electron chi connectivity index (χ2n) is 6.34. The lowest BCUT2D eigenvalue weighted by Gasteiger charge is -2.20. The van der Waals surface area contributed by atoms with E-state index in [0.717, 1.165) is 31.5 Å². The SMILES string of the molecule is Cc1oc(-c2ccccc2)nc1C(=O)Nc1ncc(C2CCNCC2)s1. The number of aryl methyl sites for hydroxylation is 1. The molecule has 0 atom stereocenters. The molecule has 1 fully saturated rings. The van der Waals surface area contributed by atoms with Gasteiger partial charge in [-0.15, -0.1) is 11.3 Å². The number of aromatic nitrogens is 2. The van der Waals surface area contributed by atoms with E-state index in [2.05, 4.69) is 20.6 Å². The molecule has 7 heteroatoms. The molecule has 0 spiro atoms. The van der Waals surface area contributed by atoms with Crippen molar-refractivity contribution in [2.24, 2.45) is 0 Å². The molecule has 1 aliphatic rings. The predicted octanol–water partition coefficient (Wildman–Crippen LogP) is 3.83. The molecule has 0 aliphatic carbocycles. The van der Waals surface area contributed by atoms with Crippen LogP contribution in [-0.4, -0.2) is 29.0 Å². The average Bonchev–Trinajstić information content (AvgIpc) is 3.30. The van der Waals surface area contributed by atoms with Crippen molar-refractivity contribution in [3.63, 3.8) is 0 Å². The standard InChI is InChI=1S/C19H20N4O2S/c1-12-16(22-18(25-12)14-5-3-2-4-6-14)17(24)23-19-21-11-15(26-19)13-7-9-20-10-8-13/h2-6,11,13,20H,7-10H2,1H3,(H,21,23,24). The molecule has 0 unspecified atom stereocenters. The van der Waals surface area contributed by atoms with Crippen molar-refractivity contribution in [1.82, 2.24) is 15.3 Å². The second kappa shape index (κ2) is 7.39. The molecule has 0 radical (unpaired) electrons. The summed E-state index contributed by atoms with van der Waals surface area (Å²) in [5.74, 6) is 1.18. The first-order valence-electron chi connectivity index (χ1n) is 8.71. The van der Waals surface area contributed by atoms with Gasteiger partial charge in [0, 0.05) is 16.6 Å². The predicted molar refractivity (Wildman–Crippen MR) is 102 cm³/mol. The first-order chi connectivity index (χ1) is 12.7. The quantitative estimate of drug-likeness (QED) is 0.732. The van der Waals surface area contributed by atoms with E-state index >= 15 is 0 Å². The maximum atomic E-state index is 12.6. The number of carbonyl (C=O) groups excluding carboxylic acids is 1. The van der Waals surface area contributed by atoms with Gasteiger partial charge >= 0.3 is 0 Å². The molecule has 3 heterocycles. The number of thiazole rings is 1. The molecule has 0 bridgehead atoms. The molecule has 2 N–H and O–H groups in total. The summed E-state index contributed by atoms with van der Waals surface area (Å²) >= 11 is 1.54. The van der Waals surface area contributed by atoms with Crippen LogP contribution in [0.2, 0.25) is 0 Å². The van der Waals surface area contributed by atoms with Crippen LogP contribution < -0.4 is 10.6 Å². The molecule has 134 valence electrons. The number of amides is 1. The van der Waals surface area contributed by atoms with Crippen LogP contribution >= 0.6 is 11.3 Å². The number of piperidine rings is 1. The highest BCUT2D eigenvalue weighted by molar-refractivity contribution is 7.15. The van der Waals surface area contributed by atoms with Crippen LogP contribution in [0.4, 0.5) is 5.13 Å². The van der Waals surface area contributed by atoms with Gasteiger partial charge in [-0.3, -0.25) is 10.1 Å². The molecule has 0 saturated carbocycles. The first-order valence-corrected chi connectivity index (χ1v) is 9.53. The smallest absolute Gasteiger partial charge is 0.279 e. The van der Waals surface area contributed by atoms with Crippen LogP contribution in [0.1, 0.15) is 39.9 Å². The Morgan fingerprint density at radius 1 is 1.27 bits per heavy atom. The summed E-state index contributed by atoms with van der Waals surface area (Å²) < 4.78 is 5.66. The van der Waals surface area contributed by atoms with E-state index in [4.69, 9.17) is 4.42 Å². The third-order valence-corrected chi connectivity index (χ3v) is 5.59. The van der Waals surface area contributed by atoms with Gasteiger partial charge in [0.25, 0.3) is 5.91 Å². The van der Waals surface area contributed by atoms with Gasteiger partial charge in [-0.05, 0) is 50.9 Å². The summed E-state index contributed by atoms with van der Waals surface area (Å²) in [5, 5.41) is 6.82. The van der Waals surface area contributed by atoms with Gasteiger partial charge in [-0.2, -0.15) is 0 Å². The zero-order chi connectivity index (χ0) is 17.9. The zero-order valence-electron chi connectivity index (χ0n) is 14.5. The normalized spacial score (nSPS) is 15.1. The van der Waals surface area contributed by atoms with Gasteiger partial charge in [-0.1, -0.05) is 18.2 Å². The van der Waals surface area contributed by atoms with Crippen LogP contribution in [0.25, 0.3) is 11.5 Å². The fourth-order valence-electron chi connectivity index (χ4n) is 3.11. The molecule has 6 nitrogen and oxygen atoms in total. The molecule has 2 aromatic heterocycles. The van der Waals surface area contributed by atoms with Crippen LogP contribution in [0, 0.1) is 6.92 Å². The fraction of sp³-hybridized carbons (Fsp3) is 0.316. The van der Waals surface area contributed by atoms with Crippen LogP contribution in [0.3, 0.4) is 0 Å². The topological polar surface area (TPSA) is 80.1 Å². The van der Waals surface area contributed by atoms with Gasteiger partial charge in [0.1, 0.15) is 5.76 Å². The number of hydrogen-bond donors (Lipinski definition) is 2. The van der Waals surface area contributed by atoms with Crippen LogP contribution in [0.5, 0.6) is 0 Å². The highest BCUT2D eigenvalue weighted by atomic mass is 32.1. The molecular formula is C19H20N4O2S. The number of rotatable bonds is 4. The highest BCUT2D eigenvalue weighted by Crippen LogP contribution is 2.32. The summed E-state index contributed by atoms with van der Waals surface area (Å²) in [4.78, 5) is 22.5. The van der Waals surface area contributed by atoms with E-state index in [1.165, 1.54) is 4.88 Å². The lowest BCUT2D eigenvalue weighted by Crippen LogP contribution is -2.26. The number of oxazole rings is 1. The van der Waals surface area contributed by atoms with Crippen molar-refractivity contribution in [3.05, 3.63) is 52.9 Å². The number of nitrogens with one attached hydrogen (secondary N) is 2. The summed E-state index contributed by atoms with van der Waals surface area (Å²) in [6.07, 6.45) is 4.10. The third-order valence-electron chi connectivity index (χ3n) is 4.52. The van der Waals surface area contributed by atoms with Gasteiger partial charge in [0.15, 0.2) is 10.8 Å². The van der Waals surface area contributed by atoms with Gasteiger partial charge in [0.2, 0.25) is 5.89 Å². The molecule has 1 aliphatic heterocycles. The molecule has 3 aromatic rings. The molecule has 1 saturated heterocycles. The Kier molecular flexibility index (Phi) is 4.81. The number of nitrogens with zero attached hydrogens (tertiary/aromatic N) is 2. The minimum Gasteiger partial charge on any atom is -0.441 e. The van der Waals surface area contributed by atoms with Crippen LogP contribution in [0.15, 0.2) is 40.9 Å². The Hall–Kier alpha value is -2.51. The zero-order valence-corrected chi connectivity index (χ0v) is 15.3. The van der Waals surface area contributed by atoms with Crippen molar-refractivity contribution in [2.75, 3.05) is 18.4 Å². The van der Waals surface area contributed by atoms with Crippen molar-refractivity contribution >= 4 is 22.4 Å². The molecule has 4 rings (SSSR count). The number of carbonyl (C=O) groups is 1. The average molecular weight is 368 g/mol. The van der Waals surface area contributed by atoms with E-state index in [1.54, 1.807) is 18.3 Å². The van der Waals surface area contributed by atoms with E-state index < -0.39 is 0 Å². The maximum absolute atomic E-state index is 12.6. The van der Waals surface area contributed by atoms with Gasteiger partial charge in [0.05, 0.1) is 0 Å². The van der Waals surface area contributed by atoms with E-state index in [0.29, 0.717) is 28.4 Å². The Labute approximate surface area is 155 Å². The number of benzene rings is 1. The first kappa shape index (κ1) is 16.9. The lowest BCUT2D eigenvalue weighted by atomic mass is 9.97. The monoisotopic (exact) mass is 368 g/mol. The van der Waals surface area contributed by atoms with Crippen molar-refractivity contribution in [3.8, 4) is 11.5 Å². The third kappa shape index (κ3) is 3.54. The van der Waals surface area contributed by atoms with Crippen molar-refractivity contribution < 1.29 is 9.21 Å². The van der Waals surface area contributed by atoms with Gasteiger partial charge < -0.3 is 9.73 Å². The fourth-order valence-corrected chi connectivity index (χ4v) is 4.09. The number of hydrogen-bond acceptors (Lipinski definition) is 6. The summed E-state index contributed by atoms with van der Waals surface area (Å²) in [6.45, 7) is 3.81. The Morgan fingerprint density at radius 2 is 2.04 bits per heavy atom. The minimum atomic E-state index is -0.292. The Morgan fingerprint density at radius 3 is 2.81 bits per heavy atom. The van der Waals surface area contributed by atoms with Crippen LogP contribution in [-0.2, 0) is 0 Å². The lowest BCUT2D eigenvalue weighted by molar-refractivity contribution is 0.102. The minimum absolute atomic E-state index is 0.292. The van der Waals surface area contributed by atoms with Crippen molar-refractivity contribution in [2.45, 2.75) is 25.7 Å². The van der Waals surface area contributed by atoms with E-state index in [1.807, 2.05) is 36.5 Å². The number of anilines is 1. The van der Waals surface area contributed by atoms with Gasteiger partial charge in [-0.25, -0.2) is 9.97 Å². The molecule has 26 heavy (non-hydrogen) atoms. The summed E-state index contributed by atoms with van der Waals surface area (Å²) in [6, 6.07) is 9.55. The highest BCUT2D eigenvalue weighted by Gasteiger charge is 2.21. The van der Waals surface area contributed by atoms with E-state index in [-0.39, 0.29) is 5.91 Å². The Bertz CT molecular complexity index is 897. The molecule has 1 amide bonds. The maximum Gasteiger partial charge on any atom is 0.279 e. The molecular weight excluding hydrogens is 348 g/mol. The summed E-state index contributed by atoms with van der Waals surface area (Å²) in [7, 11) is 0. The Balaban J connectivity index is 1.48.